The van der Waals surface area contributed by atoms with E-state index in [1.807, 2.05) is 0 Å². The van der Waals surface area contributed by atoms with E-state index in [2.05, 4.69) is 12.2 Å². The van der Waals surface area contributed by atoms with Crippen molar-refractivity contribution in [3.63, 3.8) is 0 Å². The van der Waals surface area contributed by atoms with Gasteiger partial charge in [-0.1, -0.05) is 6.92 Å². The van der Waals surface area contributed by atoms with Crippen molar-refractivity contribution in [2.75, 3.05) is 19.7 Å². The topological polar surface area (TPSA) is 41.5 Å². The fourth-order valence-electron chi connectivity index (χ4n) is 2.91. The number of rotatable bonds is 5. The lowest BCUT2D eigenvalue weighted by Crippen LogP contribution is -2.49. The molecule has 2 fully saturated rings. The Balaban J connectivity index is 1.75. The zero-order valence-corrected chi connectivity index (χ0v) is 10.4. The van der Waals surface area contributed by atoms with Crippen molar-refractivity contribution in [1.82, 2.24) is 5.32 Å². The molecule has 16 heavy (non-hydrogen) atoms. The Morgan fingerprint density at radius 3 is 2.94 bits per heavy atom. The van der Waals surface area contributed by atoms with E-state index >= 15 is 0 Å². The van der Waals surface area contributed by atoms with Crippen molar-refractivity contribution >= 4 is 0 Å². The normalized spacial score (nSPS) is 30.0. The first-order valence-electron chi connectivity index (χ1n) is 6.78. The van der Waals surface area contributed by atoms with Crippen LogP contribution < -0.4 is 5.32 Å². The van der Waals surface area contributed by atoms with Gasteiger partial charge in [-0.3, -0.25) is 0 Å². The second kappa shape index (κ2) is 5.48. The highest BCUT2D eigenvalue weighted by atomic mass is 16.5. The molecule has 0 aromatic carbocycles. The van der Waals surface area contributed by atoms with Crippen molar-refractivity contribution in [2.45, 2.75) is 57.2 Å². The lowest BCUT2D eigenvalue weighted by molar-refractivity contribution is -0.156. The molecule has 1 spiro atoms. The average Bonchev–Trinajstić information content (AvgIpc) is 2.27. The number of nitrogens with one attached hydrogen (secondary N) is 1. The molecule has 0 aromatic heterocycles. The maximum atomic E-state index is 10.1. The molecule has 1 aliphatic heterocycles. The fraction of sp³-hybridized carbons (Fsp3) is 1.00. The van der Waals surface area contributed by atoms with Crippen LogP contribution in [0.2, 0.25) is 0 Å². The summed E-state index contributed by atoms with van der Waals surface area (Å²) in [6, 6.07) is 0. The van der Waals surface area contributed by atoms with Crippen molar-refractivity contribution in [3.8, 4) is 0 Å². The van der Waals surface area contributed by atoms with E-state index in [-0.39, 0.29) is 11.7 Å². The third-order valence-corrected chi connectivity index (χ3v) is 4.12. The Bertz CT molecular complexity index is 216. The van der Waals surface area contributed by atoms with Crippen molar-refractivity contribution in [2.24, 2.45) is 5.92 Å². The molecule has 1 saturated heterocycles. The van der Waals surface area contributed by atoms with Gasteiger partial charge < -0.3 is 15.2 Å². The maximum absolute atomic E-state index is 10.1. The Labute approximate surface area is 98.6 Å². The van der Waals surface area contributed by atoms with Gasteiger partial charge in [-0.05, 0) is 51.0 Å². The van der Waals surface area contributed by atoms with E-state index in [1.165, 1.54) is 19.3 Å². The van der Waals surface area contributed by atoms with Crippen LogP contribution in [0.25, 0.3) is 0 Å². The molecule has 0 bridgehead atoms. The number of ether oxygens (including phenoxy) is 1. The predicted octanol–water partition coefficient (Wildman–Crippen LogP) is 1.70. The Hall–Kier alpha value is -0.120. The summed E-state index contributed by atoms with van der Waals surface area (Å²) in [7, 11) is 0. The molecule has 2 atom stereocenters. The van der Waals surface area contributed by atoms with E-state index in [1.54, 1.807) is 0 Å². The highest BCUT2D eigenvalue weighted by Gasteiger charge is 2.43. The first-order valence-corrected chi connectivity index (χ1v) is 6.78. The molecule has 2 aliphatic rings. The average molecular weight is 227 g/mol. The van der Waals surface area contributed by atoms with E-state index < -0.39 is 0 Å². The SMILES string of the molecule is CCCNCC(O)C1CCOC2(CCC2)C1. The summed E-state index contributed by atoms with van der Waals surface area (Å²) in [4.78, 5) is 0. The summed E-state index contributed by atoms with van der Waals surface area (Å²) in [5.41, 5.74) is 0.161. The fourth-order valence-corrected chi connectivity index (χ4v) is 2.91. The molecule has 0 aromatic rings. The lowest BCUT2D eigenvalue weighted by Gasteiger charge is -2.48. The summed E-state index contributed by atoms with van der Waals surface area (Å²) < 4.78 is 5.88. The van der Waals surface area contributed by atoms with Gasteiger partial charge in [0.05, 0.1) is 11.7 Å². The zero-order valence-electron chi connectivity index (χ0n) is 10.4. The zero-order chi connectivity index (χ0) is 11.4. The molecular weight excluding hydrogens is 202 g/mol. The second-order valence-corrected chi connectivity index (χ2v) is 5.41. The number of aliphatic hydroxyl groups is 1. The van der Waals surface area contributed by atoms with Gasteiger partial charge in [0.25, 0.3) is 0 Å². The number of hydrogen-bond acceptors (Lipinski definition) is 3. The smallest absolute Gasteiger partial charge is 0.0694 e. The highest BCUT2D eigenvalue weighted by Crippen LogP contribution is 2.44. The van der Waals surface area contributed by atoms with Gasteiger partial charge in [-0.15, -0.1) is 0 Å². The molecule has 1 aliphatic carbocycles. The molecule has 1 saturated carbocycles. The van der Waals surface area contributed by atoms with Crippen LogP contribution in [0.4, 0.5) is 0 Å². The van der Waals surface area contributed by atoms with Gasteiger partial charge in [0.15, 0.2) is 0 Å². The van der Waals surface area contributed by atoms with Crippen LogP contribution in [0, 0.1) is 5.92 Å². The van der Waals surface area contributed by atoms with E-state index in [9.17, 15) is 5.11 Å². The van der Waals surface area contributed by atoms with Crippen molar-refractivity contribution < 1.29 is 9.84 Å². The molecule has 2 rings (SSSR count). The molecule has 1 heterocycles. The van der Waals surface area contributed by atoms with E-state index in [4.69, 9.17) is 4.74 Å². The summed E-state index contributed by atoms with van der Waals surface area (Å²) in [5, 5.41) is 13.4. The second-order valence-electron chi connectivity index (χ2n) is 5.41. The minimum absolute atomic E-state index is 0.161. The van der Waals surface area contributed by atoms with Crippen LogP contribution in [0.5, 0.6) is 0 Å². The largest absolute Gasteiger partial charge is 0.392 e. The van der Waals surface area contributed by atoms with Gasteiger partial charge in [-0.2, -0.15) is 0 Å². The molecule has 3 heteroatoms. The van der Waals surface area contributed by atoms with Gasteiger partial charge in [0.1, 0.15) is 0 Å². The van der Waals surface area contributed by atoms with Crippen LogP contribution in [0.3, 0.4) is 0 Å². The van der Waals surface area contributed by atoms with Gasteiger partial charge in [0, 0.05) is 13.2 Å². The van der Waals surface area contributed by atoms with E-state index in [0.717, 1.165) is 39.0 Å². The molecule has 0 amide bonds. The molecule has 2 N–H and O–H groups in total. The minimum atomic E-state index is -0.187. The van der Waals surface area contributed by atoms with Gasteiger partial charge >= 0.3 is 0 Å². The van der Waals surface area contributed by atoms with Crippen LogP contribution in [-0.4, -0.2) is 36.5 Å². The standard InChI is InChI=1S/C13H25NO2/c1-2-7-14-10-12(15)11-4-8-16-13(9-11)5-3-6-13/h11-12,14-15H,2-10H2,1H3. The molecule has 94 valence electrons. The monoisotopic (exact) mass is 227 g/mol. The van der Waals surface area contributed by atoms with Crippen LogP contribution in [0.15, 0.2) is 0 Å². The number of aliphatic hydroxyl groups excluding tert-OH is 1. The Morgan fingerprint density at radius 2 is 2.31 bits per heavy atom. The number of hydrogen-bond donors (Lipinski definition) is 2. The molecule has 2 unspecified atom stereocenters. The molecule has 0 radical (unpaired) electrons. The Kier molecular flexibility index (Phi) is 4.22. The van der Waals surface area contributed by atoms with Crippen molar-refractivity contribution in [1.29, 1.82) is 0 Å². The minimum Gasteiger partial charge on any atom is -0.392 e. The first-order chi connectivity index (χ1) is 7.76. The van der Waals surface area contributed by atoms with Gasteiger partial charge in [-0.25, -0.2) is 0 Å². The van der Waals surface area contributed by atoms with Crippen LogP contribution in [0.1, 0.15) is 45.4 Å². The molecular formula is C13H25NO2. The quantitative estimate of drug-likeness (QED) is 0.702. The first kappa shape index (κ1) is 12.3. The summed E-state index contributed by atoms with van der Waals surface area (Å²) in [6.45, 7) is 4.74. The Morgan fingerprint density at radius 1 is 1.50 bits per heavy atom. The summed E-state index contributed by atoms with van der Waals surface area (Å²) in [5.74, 6) is 0.443. The van der Waals surface area contributed by atoms with Crippen LogP contribution >= 0.6 is 0 Å². The molecule has 3 nitrogen and oxygen atoms in total. The third kappa shape index (κ3) is 2.76. The highest BCUT2D eigenvalue weighted by molar-refractivity contribution is 4.95. The maximum Gasteiger partial charge on any atom is 0.0694 e. The lowest BCUT2D eigenvalue weighted by atomic mass is 9.71. The third-order valence-electron chi connectivity index (χ3n) is 4.12. The summed E-state index contributed by atoms with van der Waals surface area (Å²) in [6.07, 6.45) is 6.75. The van der Waals surface area contributed by atoms with Gasteiger partial charge in [0.2, 0.25) is 0 Å². The summed E-state index contributed by atoms with van der Waals surface area (Å²) >= 11 is 0. The predicted molar refractivity (Wildman–Crippen MR) is 64.4 cm³/mol. The van der Waals surface area contributed by atoms with Crippen molar-refractivity contribution in [3.05, 3.63) is 0 Å². The van der Waals surface area contributed by atoms with E-state index in [0.29, 0.717) is 5.92 Å². The van der Waals surface area contributed by atoms with Crippen LogP contribution in [-0.2, 0) is 4.74 Å².